The number of para-hydroxylation sites is 1. The smallest absolute Gasteiger partial charge is 0.244 e. The van der Waals surface area contributed by atoms with Crippen molar-refractivity contribution in [1.82, 2.24) is 10.2 Å². The summed E-state index contributed by atoms with van der Waals surface area (Å²) in [7, 11) is 0. The first-order valence-corrected chi connectivity index (χ1v) is 13.6. The standard InChI is InChI=1S/C26H35N3O4S/c1-2-18(15-30)29-22(24(32)28-17-11-7-4-8-12-17)26-14-13-19(34-26)20(21(26)25(29)33)23(31)27-16-9-5-3-6-10-16/h3,5-6,9-10,17-22,30H,2,4,7-8,11-15H2,1H3,(H,27,31)(H,28,32)/t18-,19-,20+,21-,22?,26?/m0/s1. The molecule has 3 heterocycles. The maximum absolute atomic E-state index is 13.9. The van der Waals surface area contributed by atoms with E-state index in [1.54, 1.807) is 16.7 Å². The van der Waals surface area contributed by atoms with Crippen LogP contribution in [-0.4, -0.2) is 62.5 Å². The summed E-state index contributed by atoms with van der Waals surface area (Å²) in [6, 6.07) is 8.39. The maximum atomic E-state index is 13.9. The van der Waals surface area contributed by atoms with Crippen molar-refractivity contribution in [2.24, 2.45) is 11.8 Å². The molecular weight excluding hydrogens is 450 g/mol. The van der Waals surface area contributed by atoms with Crippen molar-refractivity contribution in [2.45, 2.75) is 86.4 Å². The average molecular weight is 486 g/mol. The molecule has 6 atom stereocenters. The van der Waals surface area contributed by atoms with Gasteiger partial charge >= 0.3 is 0 Å². The molecular formula is C26H35N3O4S. The van der Waals surface area contributed by atoms with Gasteiger partial charge in [-0.15, -0.1) is 11.8 Å². The van der Waals surface area contributed by atoms with Crippen LogP contribution >= 0.6 is 11.8 Å². The molecule has 8 heteroatoms. The Morgan fingerprint density at radius 3 is 2.56 bits per heavy atom. The molecule has 3 saturated heterocycles. The molecule has 5 rings (SSSR count). The summed E-state index contributed by atoms with van der Waals surface area (Å²) in [6.07, 6.45) is 7.48. The van der Waals surface area contributed by atoms with Crippen LogP contribution in [0.25, 0.3) is 0 Å². The molecule has 4 aliphatic rings. The quantitative estimate of drug-likeness (QED) is 0.552. The highest BCUT2D eigenvalue weighted by Gasteiger charge is 2.74. The van der Waals surface area contributed by atoms with E-state index >= 15 is 0 Å². The fraction of sp³-hybridized carbons (Fsp3) is 0.654. The molecule has 1 aliphatic carbocycles. The van der Waals surface area contributed by atoms with E-state index in [0.717, 1.165) is 38.5 Å². The topological polar surface area (TPSA) is 98.7 Å². The van der Waals surface area contributed by atoms with Crippen LogP contribution in [0.4, 0.5) is 5.69 Å². The number of fused-ring (bicyclic) bond motifs is 1. The second kappa shape index (κ2) is 9.53. The van der Waals surface area contributed by atoms with Gasteiger partial charge in [0.25, 0.3) is 0 Å². The van der Waals surface area contributed by atoms with Gasteiger partial charge in [0.15, 0.2) is 0 Å². The molecule has 7 nitrogen and oxygen atoms in total. The van der Waals surface area contributed by atoms with Gasteiger partial charge in [-0.3, -0.25) is 14.4 Å². The number of carbonyl (C=O) groups is 3. The van der Waals surface area contributed by atoms with Crippen LogP contribution in [0.3, 0.4) is 0 Å². The van der Waals surface area contributed by atoms with E-state index in [1.165, 1.54) is 6.42 Å². The Labute approximate surface area is 205 Å². The summed E-state index contributed by atoms with van der Waals surface area (Å²) in [6.45, 7) is 1.74. The van der Waals surface area contributed by atoms with Gasteiger partial charge in [0.2, 0.25) is 17.7 Å². The Hall–Kier alpha value is -2.06. The van der Waals surface area contributed by atoms with Crippen molar-refractivity contribution >= 4 is 35.2 Å². The lowest BCUT2D eigenvalue weighted by Crippen LogP contribution is -2.58. The van der Waals surface area contributed by atoms with Crippen LogP contribution < -0.4 is 10.6 Å². The number of thioether (sulfide) groups is 1. The van der Waals surface area contributed by atoms with E-state index in [-0.39, 0.29) is 35.6 Å². The van der Waals surface area contributed by atoms with Crippen LogP contribution in [0.15, 0.2) is 30.3 Å². The number of likely N-dealkylation sites (tertiary alicyclic amines) is 1. The number of hydrogen-bond donors (Lipinski definition) is 3. The number of carbonyl (C=O) groups excluding carboxylic acids is 3. The van der Waals surface area contributed by atoms with Crippen molar-refractivity contribution in [2.75, 3.05) is 11.9 Å². The summed E-state index contributed by atoms with van der Waals surface area (Å²) in [5.41, 5.74) is 0.713. The van der Waals surface area contributed by atoms with Gasteiger partial charge in [-0.05, 0) is 44.2 Å². The van der Waals surface area contributed by atoms with E-state index < -0.39 is 28.7 Å². The minimum atomic E-state index is -0.645. The van der Waals surface area contributed by atoms with E-state index in [0.29, 0.717) is 12.1 Å². The number of nitrogens with one attached hydrogen (secondary N) is 2. The zero-order valence-corrected chi connectivity index (χ0v) is 20.6. The van der Waals surface area contributed by atoms with Gasteiger partial charge < -0.3 is 20.6 Å². The summed E-state index contributed by atoms with van der Waals surface area (Å²) >= 11 is 1.68. The average Bonchev–Trinajstić information content (AvgIpc) is 3.49. The highest BCUT2D eigenvalue weighted by Crippen LogP contribution is 2.66. The second-order valence-electron chi connectivity index (χ2n) is 10.2. The second-order valence-corrected chi connectivity index (χ2v) is 11.8. The van der Waals surface area contributed by atoms with Crippen LogP contribution in [0.2, 0.25) is 0 Å². The van der Waals surface area contributed by atoms with Crippen molar-refractivity contribution in [3.05, 3.63) is 30.3 Å². The lowest BCUT2D eigenvalue weighted by atomic mass is 9.70. The molecule has 1 spiro atoms. The highest BCUT2D eigenvalue weighted by atomic mass is 32.2. The number of anilines is 1. The molecule has 2 bridgehead atoms. The van der Waals surface area contributed by atoms with Gasteiger partial charge in [-0.25, -0.2) is 0 Å². The largest absolute Gasteiger partial charge is 0.394 e. The Balaban J connectivity index is 1.46. The monoisotopic (exact) mass is 485 g/mol. The number of aliphatic hydroxyl groups is 1. The van der Waals surface area contributed by atoms with Crippen LogP contribution in [0.1, 0.15) is 58.3 Å². The first-order chi connectivity index (χ1) is 16.5. The molecule has 4 fully saturated rings. The number of amides is 3. The van der Waals surface area contributed by atoms with Crippen molar-refractivity contribution < 1.29 is 19.5 Å². The van der Waals surface area contributed by atoms with E-state index in [9.17, 15) is 19.5 Å². The first kappa shape index (κ1) is 23.7. The Bertz CT molecular complexity index is 933. The fourth-order valence-electron chi connectivity index (χ4n) is 6.77. The van der Waals surface area contributed by atoms with Crippen LogP contribution in [-0.2, 0) is 14.4 Å². The third-order valence-electron chi connectivity index (χ3n) is 8.36. The first-order valence-electron chi connectivity index (χ1n) is 12.8. The minimum absolute atomic E-state index is 0.0268. The third kappa shape index (κ3) is 3.83. The van der Waals surface area contributed by atoms with Gasteiger partial charge in [0.1, 0.15) is 6.04 Å². The van der Waals surface area contributed by atoms with Crippen molar-refractivity contribution in [3.8, 4) is 0 Å². The lowest BCUT2D eigenvalue weighted by Gasteiger charge is -2.38. The van der Waals surface area contributed by atoms with E-state index in [4.69, 9.17) is 0 Å². The number of nitrogens with zero attached hydrogens (tertiary/aromatic N) is 1. The van der Waals surface area contributed by atoms with Crippen LogP contribution in [0, 0.1) is 11.8 Å². The van der Waals surface area contributed by atoms with E-state index in [2.05, 4.69) is 10.6 Å². The minimum Gasteiger partial charge on any atom is -0.394 e. The summed E-state index contributed by atoms with van der Waals surface area (Å²) in [5, 5.41) is 16.4. The van der Waals surface area contributed by atoms with Gasteiger partial charge in [-0.1, -0.05) is 44.4 Å². The number of benzene rings is 1. The number of aliphatic hydroxyl groups excluding tert-OH is 1. The summed E-state index contributed by atoms with van der Waals surface area (Å²) in [4.78, 5) is 42.9. The number of rotatable bonds is 7. The molecule has 1 aromatic carbocycles. The Kier molecular flexibility index (Phi) is 6.64. The van der Waals surface area contributed by atoms with Gasteiger partial charge in [0.05, 0.1) is 29.2 Å². The van der Waals surface area contributed by atoms with Gasteiger partial charge in [-0.2, -0.15) is 0 Å². The Morgan fingerprint density at radius 1 is 1.15 bits per heavy atom. The van der Waals surface area contributed by atoms with Crippen molar-refractivity contribution in [3.63, 3.8) is 0 Å². The zero-order chi connectivity index (χ0) is 23.9. The third-order valence-corrected chi connectivity index (χ3v) is 10.3. The fourth-order valence-corrected chi connectivity index (χ4v) is 8.98. The Morgan fingerprint density at radius 2 is 1.88 bits per heavy atom. The molecule has 184 valence electrons. The van der Waals surface area contributed by atoms with Gasteiger partial charge in [0, 0.05) is 17.0 Å². The lowest BCUT2D eigenvalue weighted by molar-refractivity contribution is -0.142. The number of hydrogen-bond acceptors (Lipinski definition) is 5. The molecule has 2 unspecified atom stereocenters. The molecule has 34 heavy (non-hydrogen) atoms. The maximum Gasteiger partial charge on any atom is 0.244 e. The predicted molar refractivity (Wildman–Crippen MR) is 132 cm³/mol. The normalized spacial score (nSPS) is 33.6. The molecule has 3 N–H and O–H groups in total. The summed E-state index contributed by atoms with van der Waals surface area (Å²) in [5.74, 6) is -1.41. The molecule has 1 aromatic rings. The summed E-state index contributed by atoms with van der Waals surface area (Å²) < 4.78 is -0.609. The molecule has 1 saturated carbocycles. The van der Waals surface area contributed by atoms with E-state index in [1.807, 2.05) is 37.3 Å². The van der Waals surface area contributed by atoms with Crippen LogP contribution in [0.5, 0.6) is 0 Å². The predicted octanol–water partition coefficient (Wildman–Crippen LogP) is 2.94. The molecule has 3 aliphatic heterocycles. The SMILES string of the molecule is CC[C@@H](CO)N1C(=O)[C@@H]2[C@H](C(=O)Nc3ccccc3)[C@@H]3CCC2(S3)C1C(=O)NC1CCCCC1. The molecule has 3 amide bonds. The highest BCUT2D eigenvalue weighted by molar-refractivity contribution is 8.02. The zero-order valence-electron chi connectivity index (χ0n) is 19.7. The van der Waals surface area contributed by atoms with Crippen molar-refractivity contribution in [1.29, 1.82) is 0 Å². The molecule has 0 radical (unpaired) electrons. The molecule has 0 aromatic heterocycles.